The fraction of sp³-hybridized carbons (Fsp3) is 0.385. The van der Waals surface area contributed by atoms with Crippen molar-refractivity contribution < 1.29 is 82.7 Å². The lowest BCUT2D eigenvalue weighted by atomic mass is 10.0. The zero-order valence-corrected chi connectivity index (χ0v) is 64.5. The standard InChI is InChI=1S/C24H31N3O5.C19H19Cl2N3O4.C18H27N3O4.C17H25N3O4/c1-14(2)32-19-11-15(3)21(16(4)12-19)22(28)27-20(23(29)30)13-25-24(31)26-17(5)18-9-7-6-8-10-18;1-11(12-6-3-2-4-7-12)23-19(28)22-10-15(18(26)27)24-17(25)16-13(20)8-5-9-14(16)21;1-4-14(5-2)16(22)21-15(17(23)24)11-20-18(25)19-10-13-8-6-12(3)7-9-13;1-3-13(4-2)15(21)20-14(16(22)23)11-19-17(24)18-10-12-8-6-5-7-9-12/h6-12,14,17,20H,13H2,1-5H3,(H,27,28)(H,29,30)(H2,25,26,31);2-9,11,15H,10H2,1H3,(H,24,25)(H,26,27)(H2,22,23,28);6-9,14-15H,4-5,10-11H2,1-3H3,(H,21,22)(H,23,24)(H2,19,20,25);5-9,13-14H,3-4,10-11H2,1-2H3,(H,20,21)(H,22,23)(H2,18,19,24)/t17-,20-;11-,15-;15-;14-/m0000/s1. The third-order valence-corrected chi connectivity index (χ3v) is 17.1. The number of carbonyl (C=O) groups excluding carboxylic acids is 8. The molecule has 109 heavy (non-hydrogen) atoms. The van der Waals surface area contributed by atoms with E-state index >= 15 is 0 Å². The average Bonchev–Trinajstić information content (AvgIpc) is 0.810. The van der Waals surface area contributed by atoms with Gasteiger partial charge in [0.05, 0.1) is 60.0 Å². The van der Waals surface area contributed by atoms with Crippen LogP contribution in [0.1, 0.15) is 153 Å². The van der Waals surface area contributed by atoms with Gasteiger partial charge >= 0.3 is 48.0 Å². The maximum Gasteiger partial charge on any atom is 0.328 e. The van der Waals surface area contributed by atoms with Crippen LogP contribution in [0.5, 0.6) is 5.75 Å². The van der Waals surface area contributed by atoms with E-state index in [9.17, 15) is 78.0 Å². The van der Waals surface area contributed by atoms with Crippen molar-refractivity contribution in [1.29, 1.82) is 0 Å². The Bertz CT molecular complexity index is 3900. The third-order valence-electron chi connectivity index (χ3n) is 16.5. The van der Waals surface area contributed by atoms with Crippen molar-refractivity contribution in [1.82, 2.24) is 63.8 Å². The van der Waals surface area contributed by atoms with Crippen LogP contribution < -0.4 is 68.5 Å². The second-order valence-corrected chi connectivity index (χ2v) is 26.1. The van der Waals surface area contributed by atoms with E-state index in [1.54, 1.807) is 39.0 Å². The molecule has 0 heterocycles. The van der Waals surface area contributed by atoms with Crippen LogP contribution in [0.3, 0.4) is 0 Å². The molecule has 0 bridgehead atoms. The Kier molecular flexibility index (Phi) is 41.0. The van der Waals surface area contributed by atoms with Gasteiger partial charge < -0.3 is 89.0 Å². The van der Waals surface area contributed by atoms with E-state index in [0.717, 1.165) is 27.8 Å². The fourth-order valence-electron chi connectivity index (χ4n) is 10.2. The van der Waals surface area contributed by atoms with Crippen LogP contribution in [0.4, 0.5) is 19.2 Å². The number of hydrogen-bond acceptors (Lipinski definition) is 13. The number of ether oxygens (including phenoxy) is 1. The molecule has 0 fully saturated rings. The summed E-state index contributed by atoms with van der Waals surface area (Å²) in [5.74, 6) is -6.61. The summed E-state index contributed by atoms with van der Waals surface area (Å²) in [6.07, 6.45) is 2.55. The number of halogens is 2. The Morgan fingerprint density at radius 1 is 0.376 bits per heavy atom. The molecular weight excluding hydrogens is 1450 g/mol. The summed E-state index contributed by atoms with van der Waals surface area (Å²) >= 11 is 11.9. The molecule has 16 N–H and O–H groups in total. The van der Waals surface area contributed by atoms with E-state index in [-0.39, 0.29) is 83.6 Å². The van der Waals surface area contributed by atoms with Gasteiger partial charge in [0.15, 0.2) is 0 Å². The first-order valence-electron chi connectivity index (χ1n) is 35.4. The minimum Gasteiger partial charge on any atom is -0.491 e. The molecule has 0 aliphatic heterocycles. The molecule has 0 radical (unpaired) electrons. The number of benzene rings is 6. The first-order chi connectivity index (χ1) is 51.7. The third kappa shape index (κ3) is 34.3. The molecule has 0 aliphatic rings. The number of carboxylic acids is 4. The van der Waals surface area contributed by atoms with Crippen LogP contribution in [0, 0.1) is 32.6 Å². The zero-order chi connectivity index (χ0) is 81.3. The van der Waals surface area contributed by atoms with Gasteiger partial charge in [0, 0.05) is 30.5 Å². The summed E-state index contributed by atoms with van der Waals surface area (Å²) in [6.45, 7) is 20.2. The molecule has 29 nitrogen and oxygen atoms in total. The van der Waals surface area contributed by atoms with E-state index in [4.69, 9.17) is 27.9 Å². The molecule has 12 amide bonds. The van der Waals surface area contributed by atoms with Gasteiger partial charge in [0.2, 0.25) is 11.8 Å². The number of amides is 12. The van der Waals surface area contributed by atoms with Crippen molar-refractivity contribution in [3.05, 3.63) is 206 Å². The predicted molar refractivity (Wildman–Crippen MR) is 414 cm³/mol. The number of nitrogens with one attached hydrogen (secondary N) is 12. The highest BCUT2D eigenvalue weighted by Crippen LogP contribution is 2.25. The molecule has 0 spiro atoms. The molecule has 6 aromatic rings. The van der Waals surface area contributed by atoms with Gasteiger partial charge in [0.1, 0.15) is 29.9 Å². The van der Waals surface area contributed by atoms with Crippen molar-refractivity contribution in [2.24, 2.45) is 11.8 Å². The Morgan fingerprint density at radius 3 is 1.04 bits per heavy atom. The molecular formula is C78H102Cl2N12O17. The lowest BCUT2D eigenvalue weighted by molar-refractivity contribution is -0.142. The second kappa shape index (κ2) is 48.7. The van der Waals surface area contributed by atoms with Gasteiger partial charge in [-0.3, -0.25) is 19.2 Å². The van der Waals surface area contributed by atoms with E-state index in [1.165, 1.54) is 12.1 Å². The maximum atomic E-state index is 12.8. The number of carbonyl (C=O) groups is 12. The molecule has 6 rings (SSSR count). The topological polar surface area (TPSA) is 439 Å². The molecule has 0 aliphatic carbocycles. The zero-order valence-electron chi connectivity index (χ0n) is 63.0. The van der Waals surface area contributed by atoms with E-state index in [2.05, 4.69) is 63.8 Å². The van der Waals surface area contributed by atoms with Crippen molar-refractivity contribution in [3.8, 4) is 5.75 Å². The molecule has 31 heteroatoms. The van der Waals surface area contributed by atoms with Gasteiger partial charge in [-0.05, 0) is 132 Å². The van der Waals surface area contributed by atoms with E-state index in [1.807, 2.05) is 171 Å². The van der Waals surface area contributed by atoms with E-state index in [0.29, 0.717) is 61.2 Å². The first-order valence-corrected chi connectivity index (χ1v) is 36.1. The predicted octanol–water partition coefficient (Wildman–Crippen LogP) is 9.86. The molecule has 6 aromatic carbocycles. The molecule has 0 saturated heterocycles. The highest BCUT2D eigenvalue weighted by molar-refractivity contribution is 6.39. The Hall–Kier alpha value is -11.5. The van der Waals surface area contributed by atoms with Crippen LogP contribution >= 0.6 is 23.2 Å². The highest BCUT2D eigenvalue weighted by atomic mass is 35.5. The summed E-state index contributed by atoms with van der Waals surface area (Å²) in [4.78, 5) is 143. The van der Waals surface area contributed by atoms with Crippen LogP contribution in [0.15, 0.2) is 146 Å². The average molecular weight is 1550 g/mol. The van der Waals surface area contributed by atoms with Gasteiger partial charge in [-0.15, -0.1) is 0 Å². The minimum atomic E-state index is -1.36. The van der Waals surface area contributed by atoms with Crippen molar-refractivity contribution in [3.63, 3.8) is 0 Å². The lowest BCUT2D eigenvalue weighted by Gasteiger charge is -2.20. The lowest BCUT2D eigenvalue weighted by Crippen LogP contribution is -2.51. The summed E-state index contributed by atoms with van der Waals surface area (Å²) < 4.78 is 5.68. The number of hydrogen-bond donors (Lipinski definition) is 16. The maximum absolute atomic E-state index is 12.8. The second-order valence-electron chi connectivity index (χ2n) is 25.3. The molecule has 6 atom stereocenters. The van der Waals surface area contributed by atoms with Crippen LogP contribution in [0.2, 0.25) is 10.0 Å². The highest BCUT2D eigenvalue weighted by Gasteiger charge is 2.29. The van der Waals surface area contributed by atoms with Gasteiger partial charge in [-0.25, -0.2) is 38.4 Å². The summed E-state index contributed by atoms with van der Waals surface area (Å²) in [5, 5.41) is 67.8. The fourth-order valence-corrected chi connectivity index (χ4v) is 10.8. The number of rotatable bonds is 34. The first kappa shape index (κ1) is 91.7. The van der Waals surface area contributed by atoms with Crippen LogP contribution in [0.25, 0.3) is 0 Å². The van der Waals surface area contributed by atoms with Gasteiger partial charge in [-0.2, -0.15) is 0 Å². The smallest absolute Gasteiger partial charge is 0.328 e. The number of aliphatic carboxylic acids is 4. The minimum absolute atomic E-state index is 0.00769. The Morgan fingerprint density at radius 2 is 0.697 bits per heavy atom. The molecule has 0 unspecified atom stereocenters. The van der Waals surface area contributed by atoms with Crippen molar-refractivity contribution in [2.75, 3.05) is 26.2 Å². The van der Waals surface area contributed by atoms with Crippen molar-refractivity contribution >= 4 is 94.8 Å². The monoisotopic (exact) mass is 1550 g/mol. The van der Waals surface area contributed by atoms with E-state index < -0.39 is 84.0 Å². The summed E-state index contributed by atoms with van der Waals surface area (Å²) in [5.41, 5.74) is 6.52. The quantitative estimate of drug-likeness (QED) is 0.0179. The Labute approximate surface area is 644 Å². The largest absolute Gasteiger partial charge is 0.491 e. The Balaban J connectivity index is 0.000000379. The molecule has 590 valence electrons. The molecule has 0 aromatic heterocycles. The van der Waals surface area contributed by atoms with Crippen LogP contribution in [-0.2, 0) is 41.9 Å². The normalized spacial score (nSPS) is 12.1. The van der Waals surface area contributed by atoms with Crippen LogP contribution in [-0.4, -0.2) is 149 Å². The number of aryl methyl sites for hydroxylation is 3. The van der Waals surface area contributed by atoms with Gasteiger partial charge in [-0.1, -0.05) is 178 Å². The summed E-state index contributed by atoms with van der Waals surface area (Å²) in [7, 11) is 0. The summed E-state index contributed by atoms with van der Waals surface area (Å²) in [6, 6.07) is 36.2. The molecule has 0 saturated carbocycles. The number of urea groups is 4. The number of carboxylic acid groups (broad SMARTS) is 4. The van der Waals surface area contributed by atoms with Crippen molar-refractivity contribution in [2.45, 2.75) is 157 Å². The SMILES string of the molecule is CCC(CC)C(=O)N[C@@H](CNC(=O)NCc1ccc(C)cc1)C(=O)O.CCC(CC)C(=O)N[C@@H](CNC(=O)NCc1ccccc1)C(=O)O.C[C@H](NC(=O)NC[C@H](NC(=O)c1c(Cl)cccc1Cl)C(=O)O)c1ccccc1.Cc1cc(OC(C)C)cc(C)c1C(=O)N[C@@H](CNC(=O)N[C@@H](C)c1ccccc1)C(=O)O. The van der Waals surface area contributed by atoms with Gasteiger partial charge in [0.25, 0.3) is 11.8 Å².